The van der Waals surface area contributed by atoms with Crippen molar-refractivity contribution in [1.82, 2.24) is 9.97 Å². The summed E-state index contributed by atoms with van der Waals surface area (Å²) in [6, 6.07) is 65.3. The van der Waals surface area contributed by atoms with E-state index in [-0.39, 0.29) is 5.41 Å². The Kier molecular flexibility index (Phi) is 7.19. The molecule has 1 aliphatic rings. The van der Waals surface area contributed by atoms with Crippen LogP contribution in [0.2, 0.25) is 0 Å². The monoisotopic (exact) mass is 676 g/mol. The molecular formula is C51H36N2. The van der Waals surface area contributed by atoms with Gasteiger partial charge in [0.1, 0.15) is 0 Å². The molecule has 1 aliphatic carbocycles. The zero-order valence-corrected chi connectivity index (χ0v) is 29.7. The molecule has 0 aliphatic heterocycles. The van der Waals surface area contributed by atoms with Crippen LogP contribution in [0.5, 0.6) is 0 Å². The number of benzene rings is 8. The smallest absolute Gasteiger partial charge is 0.161 e. The van der Waals surface area contributed by atoms with Crippen molar-refractivity contribution in [2.75, 3.05) is 0 Å². The second-order valence-corrected chi connectivity index (χ2v) is 14.6. The SMILES string of the molecule is CC1(C)c2cc(-c3ccc(-c4nc(-c5ccccc5)cc(-c5ccc(-c6ccccc6)cc5)n4)c4ccccc34)ccc2-c2ccc3ccccc3c21. The highest BCUT2D eigenvalue weighted by molar-refractivity contribution is 6.05. The Labute approximate surface area is 310 Å². The summed E-state index contributed by atoms with van der Waals surface area (Å²) in [5, 5.41) is 4.95. The molecule has 0 atom stereocenters. The average molecular weight is 677 g/mol. The van der Waals surface area contributed by atoms with Gasteiger partial charge in [-0.1, -0.05) is 178 Å². The number of rotatable bonds is 5. The van der Waals surface area contributed by atoms with Crippen molar-refractivity contribution in [2.24, 2.45) is 0 Å². The lowest BCUT2D eigenvalue weighted by Gasteiger charge is -2.24. The van der Waals surface area contributed by atoms with Gasteiger partial charge in [0, 0.05) is 22.1 Å². The quantitative estimate of drug-likeness (QED) is 0.181. The highest BCUT2D eigenvalue weighted by atomic mass is 14.9. The van der Waals surface area contributed by atoms with E-state index in [1.54, 1.807) is 0 Å². The molecule has 0 bridgehead atoms. The van der Waals surface area contributed by atoms with Crippen LogP contribution in [0.25, 0.3) is 88.8 Å². The maximum Gasteiger partial charge on any atom is 0.161 e. The number of nitrogens with zero attached hydrogens (tertiary/aromatic N) is 2. The molecule has 0 amide bonds. The van der Waals surface area contributed by atoms with E-state index in [1.807, 2.05) is 6.07 Å². The van der Waals surface area contributed by atoms with Gasteiger partial charge in [-0.25, -0.2) is 9.97 Å². The van der Waals surface area contributed by atoms with Crippen LogP contribution in [0, 0.1) is 0 Å². The highest BCUT2D eigenvalue weighted by Crippen LogP contribution is 2.52. The number of aromatic nitrogens is 2. The van der Waals surface area contributed by atoms with Crippen LogP contribution in [-0.2, 0) is 5.41 Å². The molecule has 9 aromatic rings. The van der Waals surface area contributed by atoms with E-state index in [9.17, 15) is 0 Å². The van der Waals surface area contributed by atoms with Crippen molar-refractivity contribution in [1.29, 1.82) is 0 Å². The first-order chi connectivity index (χ1) is 26.0. The van der Waals surface area contributed by atoms with Crippen molar-refractivity contribution in [3.63, 3.8) is 0 Å². The second-order valence-electron chi connectivity index (χ2n) is 14.6. The minimum Gasteiger partial charge on any atom is -0.228 e. The molecule has 0 unspecified atom stereocenters. The molecule has 0 spiro atoms. The zero-order chi connectivity index (χ0) is 35.5. The Bertz CT molecular complexity index is 2830. The van der Waals surface area contributed by atoms with Crippen LogP contribution in [-0.4, -0.2) is 9.97 Å². The molecule has 0 fully saturated rings. The first kappa shape index (κ1) is 31.1. The van der Waals surface area contributed by atoms with Crippen LogP contribution >= 0.6 is 0 Å². The average Bonchev–Trinajstić information content (AvgIpc) is 3.46. The molecule has 1 heterocycles. The summed E-state index contributed by atoms with van der Waals surface area (Å²) in [6.45, 7) is 4.75. The summed E-state index contributed by atoms with van der Waals surface area (Å²) in [6.07, 6.45) is 0. The molecule has 1 aromatic heterocycles. The Balaban J connectivity index is 1.10. The Morgan fingerprint density at radius 1 is 0.358 bits per heavy atom. The van der Waals surface area contributed by atoms with Crippen molar-refractivity contribution in [3.8, 4) is 67.3 Å². The van der Waals surface area contributed by atoms with Gasteiger partial charge >= 0.3 is 0 Å². The van der Waals surface area contributed by atoms with Crippen molar-refractivity contribution < 1.29 is 0 Å². The summed E-state index contributed by atoms with van der Waals surface area (Å²) in [7, 11) is 0. The van der Waals surface area contributed by atoms with Gasteiger partial charge in [-0.15, -0.1) is 0 Å². The number of hydrogen-bond donors (Lipinski definition) is 0. The van der Waals surface area contributed by atoms with E-state index < -0.39 is 0 Å². The lowest BCUT2D eigenvalue weighted by atomic mass is 9.79. The van der Waals surface area contributed by atoms with E-state index in [4.69, 9.17) is 9.97 Å². The van der Waals surface area contributed by atoms with Crippen molar-refractivity contribution >= 4 is 21.5 Å². The number of fused-ring (bicyclic) bond motifs is 6. The van der Waals surface area contributed by atoms with Gasteiger partial charge in [0.15, 0.2) is 5.82 Å². The molecule has 0 saturated heterocycles. The topological polar surface area (TPSA) is 25.8 Å². The van der Waals surface area contributed by atoms with E-state index in [0.29, 0.717) is 5.82 Å². The molecule has 0 N–H and O–H groups in total. The van der Waals surface area contributed by atoms with E-state index in [1.165, 1.54) is 60.7 Å². The normalized spacial score (nSPS) is 12.9. The van der Waals surface area contributed by atoms with Crippen LogP contribution in [0.15, 0.2) is 182 Å². The first-order valence-electron chi connectivity index (χ1n) is 18.3. The van der Waals surface area contributed by atoms with E-state index in [2.05, 4.69) is 190 Å². The fraction of sp³-hybridized carbons (Fsp3) is 0.0588. The maximum atomic E-state index is 5.26. The molecule has 250 valence electrons. The third-order valence-corrected chi connectivity index (χ3v) is 11.1. The van der Waals surface area contributed by atoms with Gasteiger partial charge in [0.25, 0.3) is 0 Å². The molecule has 2 nitrogen and oxygen atoms in total. The molecule has 0 radical (unpaired) electrons. The standard InChI is InChI=1S/C51H36N2/c1-51(2)46-31-38(26-27-43(46)44-28-25-35-15-9-10-18-40(35)49(44)51)39-29-30-45(42-20-12-11-19-41(39)42)50-52-47(36-16-7-4-8-17-36)32-48(53-50)37-23-21-34(22-24-37)33-13-5-3-6-14-33/h3-32H,1-2H3. The predicted octanol–water partition coefficient (Wildman–Crippen LogP) is 13.4. The summed E-state index contributed by atoms with van der Waals surface area (Å²) in [4.78, 5) is 10.5. The Morgan fingerprint density at radius 2 is 0.849 bits per heavy atom. The Hall–Kier alpha value is -6.64. The molecule has 8 aromatic carbocycles. The summed E-state index contributed by atoms with van der Waals surface area (Å²) >= 11 is 0. The fourth-order valence-corrected chi connectivity index (χ4v) is 8.45. The first-order valence-corrected chi connectivity index (χ1v) is 18.3. The summed E-state index contributed by atoms with van der Waals surface area (Å²) in [5.74, 6) is 0.716. The lowest BCUT2D eigenvalue weighted by Crippen LogP contribution is -2.15. The van der Waals surface area contributed by atoms with Gasteiger partial charge in [-0.3, -0.25) is 0 Å². The molecule has 0 saturated carbocycles. The molecule has 2 heteroatoms. The predicted molar refractivity (Wildman–Crippen MR) is 222 cm³/mol. The number of hydrogen-bond acceptors (Lipinski definition) is 2. The van der Waals surface area contributed by atoms with Gasteiger partial charge in [-0.05, 0) is 84.3 Å². The summed E-state index contributed by atoms with van der Waals surface area (Å²) < 4.78 is 0. The Morgan fingerprint density at radius 3 is 1.57 bits per heavy atom. The van der Waals surface area contributed by atoms with Gasteiger partial charge in [0.2, 0.25) is 0 Å². The van der Waals surface area contributed by atoms with Crippen LogP contribution in [0.3, 0.4) is 0 Å². The van der Waals surface area contributed by atoms with Crippen molar-refractivity contribution in [3.05, 3.63) is 193 Å². The third kappa shape index (κ3) is 5.18. The third-order valence-electron chi connectivity index (χ3n) is 11.1. The van der Waals surface area contributed by atoms with E-state index in [0.717, 1.165) is 33.5 Å². The van der Waals surface area contributed by atoms with Gasteiger partial charge in [-0.2, -0.15) is 0 Å². The van der Waals surface area contributed by atoms with Gasteiger partial charge in [0.05, 0.1) is 11.4 Å². The fourth-order valence-electron chi connectivity index (χ4n) is 8.45. The van der Waals surface area contributed by atoms with Crippen molar-refractivity contribution in [2.45, 2.75) is 19.3 Å². The molecule has 10 rings (SSSR count). The molecule has 53 heavy (non-hydrogen) atoms. The van der Waals surface area contributed by atoms with E-state index >= 15 is 0 Å². The minimum atomic E-state index is -0.126. The zero-order valence-electron chi connectivity index (χ0n) is 29.7. The highest BCUT2D eigenvalue weighted by Gasteiger charge is 2.37. The molecular weight excluding hydrogens is 641 g/mol. The summed E-state index contributed by atoms with van der Waals surface area (Å²) in [5.41, 5.74) is 15.1. The largest absolute Gasteiger partial charge is 0.228 e. The maximum absolute atomic E-state index is 5.26. The van der Waals surface area contributed by atoms with Gasteiger partial charge < -0.3 is 0 Å². The second kappa shape index (κ2) is 12.3. The van der Waals surface area contributed by atoms with Crippen LogP contribution in [0.4, 0.5) is 0 Å². The van der Waals surface area contributed by atoms with Crippen LogP contribution < -0.4 is 0 Å². The van der Waals surface area contributed by atoms with Crippen LogP contribution in [0.1, 0.15) is 25.0 Å². The lowest BCUT2D eigenvalue weighted by molar-refractivity contribution is 0.666. The minimum absolute atomic E-state index is 0.126.